The Morgan fingerprint density at radius 3 is 2.80 bits per heavy atom. The van der Waals surface area contributed by atoms with E-state index >= 15 is 0 Å². The van der Waals surface area contributed by atoms with Crippen LogP contribution in [0.25, 0.3) is 38.1 Å². The molecule has 0 aliphatic rings. The summed E-state index contributed by atoms with van der Waals surface area (Å²) in [5.74, 6) is 1.30. The minimum Gasteiger partial charge on any atom is -0.452 e. The summed E-state index contributed by atoms with van der Waals surface area (Å²) in [4.78, 5) is 0.713. The van der Waals surface area contributed by atoms with E-state index in [-0.39, 0.29) is 0 Å². The predicted molar refractivity (Wildman–Crippen MR) is 99.1 cm³/mol. The number of aryl methyl sites for hydroxylation is 1. The Morgan fingerprint density at radius 2 is 1.96 bits per heavy atom. The number of furan rings is 1. The summed E-state index contributed by atoms with van der Waals surface area (Å²) < 4.78 is 7.73. The van der Waals surface area contributed by atoms with Crippen LogP contribution in [0.15, 0.2) is 52.9 Å². The Labute approximate surface area is 151 Å². The molecular weight excluding hydrogens is 356 g/mol. The van der Waals surface area contributed by atoms with Crippen LogP contribution in [0.1, 0.15) is 5.56 Å². The molecule has 25 heavy (non-hydrogen) atoms. The summed E-state index contributed by atoms with van der Waals surface area (Å²) in [5, 5.41) is 15.8. The van der Waals surface area contributed by atoms with Crippen LogP contribution in [-0.2, 0) is 0 Å². The summed E-state index contributed by atoms with van der Waals surface area (Å²) in [6.07, 6.45) is 0. The molecule has 0 atom stereocenters. The fraction of sp³-hybridized carbons (Fsp3) is 0.0556. The number of benzene rings is 2. The third kappa shape index (κ3) is 2.26. The first-order valence-corrected chi connectivity index (χ1v) is 8.87. The molecule has 3 aromatic heterocycles. The van der Waals surface area contributed by atoms with Crippen LogP contribution >= 0.6 is 22.9 Å². The normalized spacial score (nSPS) is 11.6. The monoisotopic (exact) mass is 366 g/mol. The molecule has 5 rings (SSSR count). The smallest absolute Gasteiger partial charge is 0.235 e. The number of hydrogen-bond donors (Lipinski definition) is 0. The molecule has 0 aliphatic heterocycles. The molecule has 0 amide bonds. The lowest BCUT2D eigenvalue weighted by molar-refractivity contribution is 0.619. The molecule has 2 aromatic carbocycles. The highest BCUT2D eigenvalue weighted by atomic mass is 35.5. The lowest BCUT2D eigenvalue weighted by Crippen LogP contribution is -1.91. The van der Waals surface area contributed by atoms with Crippen molar-refractivity contribution in [3.05, 3.63) is 59.1 Å². The third-order valence-corrected chi connectivity index (χ3v) is 5.29. The Hall–Kier alpha value is -2.70. The van der Waals surface area contributed by atoms with Gasteiger partial charge in [0.25, 0.3) is 0 Å². The second kappa shape index (κ2) is 5.40. The zero-order chi connectivity index (χ0) is 17.0. The minimum absolute atomic E-state index is 0.605. The summed E-state index contributed by atoms with van der Waals surface area (Å²) in [5.41, 5.74) is 2.81. The molecule has 122 valence electrons. The van der Waals surface area contributed by atoms with E-state index < -0.39 is 0 Å². The van der Waals surface area contributed by atoms with Gasteiger partial charge >= 0.3 is 0 Å². The van der Waals surface area contributed by atoms with Crippen molar-refractivity contribution in [3.63, 3.8) is 0 Å². The maximum Gasteiger partial charge on any atom is 0.235 e. The summed E-state index contributed by atoms with van der Waals surface area (Å²) in [7, 11) is 0. The van der Waals surface area contributed by atoms with Crippen LogP contribution in [0.2, 0.25) is 5.02 Å². The van der Waals surface area contributed by atoms with Crippen molar-refractivity contribution in [1.82, 2.24) is 19.8 Å². The average molecular weight is 367 g/mol. The van der Waals surface area contributed by atoms with Crippen LogP contribution in [-0.4, -0.2) is 19.8 Å². The zero-order valence-electron chi connectivity index (χ0n) is 13.1. The number of nitrogens with zero attached hydrogens (tertiary/aromatic N) is 4. The highest BCUT2D eigenvalue weighted by molar-refractivity contribution is 7.19. The van der Waals surface area contributed by atoms with E-state index in [1.165, 1.54) is 11.3 Å². The summed E-state index contributed by atoms with van der Waals surface area (Å²) in [6, 6.07) is 15.5. The molecule has 5 aromatic rings. The predicted octanol–water partition coefficient (Wildman–Crippen LogP) is 5.23. The van der Waals surface area contributed by atoms with Crippen LogP contribution in [0.3, 0.4) is 0 Å². The van der Waals surface area contributed by atoms with Crippen LogP contribution in [0.4, 0.5) is 0 Å². The van der Waals surface area contributed by atoms with E-state index in [9.17, 15) is 0 Å². The molecule has 7 heteroatoms. The van der Waals surface area contributed by atoms with Crippen molar-refractivity contribution in [2.45, 2.75) is 6.92 Å². The van der Waals surface area contributed by atoms with Gasteiger partial charge < -0.3 is 4.42 Å². The second-order valence-electron chi connectivity index (χ2n) is 5.69. The van der Waals surface area contributed by atoms with Gasteiger partial charge in [0.1, 0.15) is 10.6 Å². The van der Waals surface area contributed by atoms with Gasteiger partial charge in [-0.25, -0.2) is 0 Å². The highest BCUT2D eigenvalue weighted by Crippen LogP contribution is 2.34. The fourth-order valence-corrected chi connectivity index (χ4v) is 3.91. The second-order valence-corrected chi connectivity index (χ2v) is 7.08. The quantitative estimate of drug-likeness (QED) is 0.429. The maximum absolute atomic E-state index is 6.09. The number of fused-ring (bicyclic) bond motifs is 2. The molecule has 0 fully saturated rings. The Kier molecular flexibility index (Phi) is 3.16. The molecule has 0 N–H and O–H groups in total. The van der Waals surface area contributed by atoms with Gasteiger partial charge in [-0.3, -0.25) is 0 Å². The van der Waals surface area contributed by atoms with Gasteiger partial charge in [0.15, 0.2) is 5.76 Å². The first-order valence-electron chi connectivity index (χ1n) is 7.67. The SMILES string of the molecule is Cc1c(-c2nnc3sc(-c4cccc(Cl)c4)nn23)oc2ccccc12. The highest BCUT2D eigenvalue weighted by Gasteiger charge is 2.20. The Morgan fingerprint density at radius 1 is 1.08 bits per heavy atom. The van der Waals surface area contributed by atoms with Gasteiger partial charge in [0, 0.05) is 21.5 Å². The van der Waals surface area contributed by atoms with Crippen molar-refractivity contribution < 1.29 is 4.42 Å². The van der Waals surface area contributed by atoms with Crippen molar-refractivity contribution in [2.24, 2.45) is 0 Å². The molecule has 0 bridgehead atoms. The molecule has 3 heterocycles. The van der Waals surface area contributed by atoms with Gasteiger partial charge in [0.2, 0.25) is 10.8 Å². The third-order valence-electron chi connectivity index (χ3n) is 4.11. The van der Waals surface area contributed by atoms with E-state index in [0.717, 1.165) is 27.1 Å². The Bertz CT molecular complexity index is 1240. The zero-order valence-corrected chi connectivity index (χ0v) is 14.7. The number of aromatic nitrogens is 4. The number of hydrogen-bond acceptors (Lipinski definition) is 5. The number of para-hydroxylation sites is 1. The average Bonchev–Trinajstić information content (AvgIpc) is 3.28. The largest absolute Gasteiger partial charge is 0.452 e. The van der Waals surface area contributed by atoms with E-state index in [1.807, 2.05) is 55.5 Å². The van der Waals surface area contributed by atoms with Gasteiger partial charge in [-0.05, 0) is 25.1 Å². The molecule has 0 aliphatic carbocycles. The Balaban J connectivity index is 1.70. The van der Waals surface area contributed by atoms with Crippen LogP contribution in [0, 0.1) is 6.92 Å². The van der Waals surface area contributed by atoms with Crippen LogP contribution in [0.5, 0.6) is 0 Å². The van der Waals surface area contributed by atoms with Crippen LogP contribution < -0.4 is 0 Å². The molecule has 0 saturated heterocycles. The van der Waals surface area contributed by atoms with Gasteiger partial charge in [-0.15, -0.1) is 10.2 Å². The molecule has 0 spiro atoms. The molecule has 0 radical (unpaired) electrons. The molecular formula is C18H11ClN4OS. The first-order chi connectivity index (χ1) is 12.2. The van der Waals surface area contributed by atoms with Crippen molar-refractivity contribution in [1.29, 1.82) is 0 Å². The maximum atomic E-state index is 6.09. The van der Waals surface area contributed by atoms with Gasteiger partial charge in [-0.2, -0.15) is 9.61 Å². The van der Waals surface area contributed by atoms with Gasteiger partial charge in [0.05, 0.1) is 0 Å². The standard InChI is InChI=1S/C18H11ClN4OS/c1-10-13-7-2-3-8-14(13)24-15(10)16-20-21-18-23(16)22-17(25-18)11-5-4-6-12(19)9-11/h2-9H,1H3. The lowest BCUT2D eigenvalue weighted by atomic mass is 10.1. The molecule has 0 unspecified atom stereocenters. The van der Waals surface area contributed by atoms with Crippen molar-refractivity contribution >= 4 is 38.9 Å². The number of rotatable bonds is 2. The van der Waals surface area contributed by atoms with Crippen molar-refractivity contribution in [2.75, 3.05) is 0 Å². The first kappa shape index (κ1) is 14.6. The fourth-order valence-electron chi connectivity index (χ4n) is 2.88. The van der Waals surface area contributed by atoms with Crippen molar-refractivity contribution in [3.8, 4) is 22.2 Å². The molecule has 5 nitrogen and oxygen atoms in total. The minimum atomic E-state index is 0.605. The van der Waals surface area contributed by atoms with E-state index in [1.54, 1.807) is 4.52 Å². The van der Waals surface area contributed by atoms with E-state index in [0.29, 0.717) is 21.6 Å². The topological polar surface area (TPSA) is 56.2 Å². The lowest BCUT2D eigenvalue weighted by Gasteiger charge is -1.96. The molecule has 0 saturated carbocycles. The van der Waals surface area contributed by atoms with E-state index in [4.69, 9.17) is 16.0 Å². The number of halogens is 1. The van der Waals surface area contributed by atoms with Gasteiger partial charge in [-0.1, -0.05) is 53.3 Å². The van der Waals surface area contributed by atoms with E-state index in [2.05, 4.69) is 15.3 Å². The summed E-state index contributed by atoms with van der Waals surface area (Å²) >= 11 is 7.55. The summed E-state index contributed by atoms with van der Waals surface area (Å²) in [6.45, 7) is 2.02.